The molecule has 0 aliphatic heterocycles. The van der Waals surface area contributed by atoms with E-state index in [9.17, 15) is 19.2 Å². The summed E-state index contributed by atoms with van der Waals surface area (Å²) in [6, 6.07) is 4.27. The van der Waals surface area contributed by atoms with Gasteiger partial charge in [-0.1, -0.05) is 12.1 Å². The number of hydrogen-bond acceptors (Lipinski definition) is 4. The number of aliphatic carboxylic acids is 1. The summed E-state index contributed by atoms with van der Waals surface area (Å²) in [5, 5.41) is 19.8. The van der Waals surface area contributed by atoms with Crippen LogP contribution < -0.4 is 11.1 Å². The molecule has 1 rings (SSSR count). The van der Waals surface area contributed by atoms with Crippen molar-refractivity contribution in [3.8, 4) is 0 Å². The first kappa shape index (κ1) is 16.2. The molecule has 0 spiro atoms. The number of primary amides is 1. The summed E-state index contributed by atoms with van der Waals surface area (Å²) in [5.41, 5.74) is 4.73. The molecule has 1 aromatic carbocycles. The van der Waals surface area contributed by atoms with Crippen molar-refractivity contribution in [1.29, 1.82) is 0 Å². The van der Waals surface area contributed by atoms with Gasteiger partial charge < -0.3 is 21.3 Å². The Kier molecular flexibility index (Phi) is 5.41. The van der Waals surface area contributed by atoms with Gasteiger partial charge in [-0.3, -0.25) is 14.4 Å². The van der Waals surface area contributed by atoms with E-state index in [1.165, 1.54) is 24.3 Å². The fraction of sp³-hybridized carbons (Fsp3) is 0.231. The number of hydrogen-bond donors (Lipinski definition) is 4. The number of benzene rings is 1. The number of carbonyl (C=O) groups excluding carboxylic acids is 2. The van der Waals surface area contributed by atoms with Crippen molar-refractivity contribution in [2.24, 2.45) is 5.73 Å². The highest BCUT2D eigenvalue weighted by Gasteiger charge is 2.22. The van der Waals surface area contributed by atoms with Gasteiger partial charge in [0.2, 0.25) is 5.91 Å². The Hall–Kier alpha value is -2.90. The zero-order chi connectivity index (χ0) is 16.0. The average molecular weight is 294 g/mol. The second-order valence-corrected chi connectivity index (χ2v) is 4.21. The lowest BCUT2D eigenvalue weighted by molar-refractivity contribution is -0.137. The number of carboxylic acids is 2. The molecule has 1 aromatic rings. The Morgan fingerprint density at radius 3 is 2.14 bits per heavy atom. The molecule has 112 valence electrons. The SMILES string of the molecule is NC(=O)C(CCC(=O)O)NC(=O)c1ccccc1C(=O)O. The fourth-order valence-electron chi connectivity index (χ4n) is 1.66. The Morgan fingerprint density at radius 2 is 1.67 bits per heavy atom. The molecule has 0 aromatic heterocycles. The zero-order valence-electron chi connectivity index (χ0n) is 10.9. The maximum atomic E-state index is 12.0. The van der Waals surface area contributed by atoms with Gasteiger partial charge in [0.05, 0.1) is 11.1 Å². The van der Waals surface area contributed by atoms with Crippen LogP contribution in [0.25, 0.3) is 0 Å². The maximum Gasteiger partial charge on any atom is 0.336 e. The van der Waals surface area contributed by atoms with Crippen LogP contribution in [0, 0.1) is 0 Å². The van der Waals surface area contributed by atoms with E-state index in [1.807, 2.05) is 0 Å². The molecule has 8 heteroatoms. The van der Waals surface area contributed by atoms with E-state index in [2.05, 4.69) is 5.32 Å². The molecule has 0 aliphatic carbocycles. The van der Waals surface area contributed by atoms with Crippen LogP contribution in [0.3, 0.4) is 0 Å². The molecule has 21 heavy (non-hydrogen) atoms. The first-order valence-corrected chi connectivity index (χ1v) is 5.97. The van der Waals surface area contributed by atoms with Crippen LogP contribution in [0.1, 0.15) is 33.6 Å². The highest BCUT2D eigenvalue weighted by atomic mass is 16.4. The van der Waals surface area contributed by atoms with Crippen LogP contribution in [0.4, 0.5) is 0 Å². The molecule has 5 N–H and O–H groups in total. The minimum absolute atomic E-state index is 0.133. The van der Waals surface area contributed by atoms with Crippen molar-refractivity contribution in [3.05, 3.63) is 35.4 Å². The topological polar surface area (TPSA) is 147 Å². The standard InChI is InChI=1S/C13H14N2O6/c14-11(18)9(5-6-10(16)17)15-12(19)7-3-1-2-4-8(7)13(20)21/h1-4,9H,5-6H2,(H2,14,18)(H,15,19)(H,16,17)(H,20,21). The first-order chi connectivity index (χ1) is 9.82. The molecular weight excluding hydrogens is 280 g/mol. The summed E-state index contributed by atoms with van der Waals surface area (Å²) in [5.74, 6) is -4.12. The summed E-state index contributed by atoms with van der Waals surface area (Å²) in [6.45, 7) is 0. The third-order valence-electron chi connectivity index (χ3n) is 2.70. The number of nitrogens with two attached hydrogens (primary N) is 1. The van der Waals surface area contributed by atoms with Gasteiger partial charge in [-0.15, -0.1) is 0 Å². The first-order valence-electron chi connectivity index (χ1n) is 5.97. The third-order valence-corrected chi connectivity index (χ3v) is 2.70. The Bertz CT molecular complexity index is 584. The summed E-state index contributed by atoms with van der Waals surface area (Å²) < 4.78 is 0. The monoisotopic (exact) mass is 294 g/mol. The average Bonchev–Trinajstić information content (AvgIpc) is 2.42. The van der Waals surface area contributed by atoms with Crippen LogP contribution in [-0.4, -0.2) is 40.0 Å². The number of aromatic carboxylic acids is 1. The highest BCUT2D eigenvalue weighted by molar-refractivity contribution is 6.05. The van der Waals surface area contributed by atoms with Gasteiger partial charge in [0, 0.05) is 6.42 Å². The Labute approximate surface area is 119 Å². The van der Waals surface area contributed by atoms with E-state index in [0.29, 0.717) is 0 Å². The fourth-order valence-corrected chi connectivity index (χ4v) is 1.66. The molecule has 0 aliphatic rings. The number of rotatable bonds is 7. The number of carboxylic acid groups (broad SMARTS) is 2. The molecule has 0 bridgehead atoms. The lowest BCUT2D eigenvalue weighted by Gasteiger charge is -2.15. The molecule has 0 heterocycles. The van der Waals surface area contributed by atoms with Gasteiger partial charge >= 0.3 is 11.9 Å². The lowest BCUT2D eigenvalue weighted by Crippen LogP contribution is -2.45. The quantitative estimate of drug-likeness (QED) is 0.549. The van der Waals surface area contributed by atoms with E-state index in [0.717, 1.165) is 0 Å². The molecule has 8 nitrogen and oxygen atoms in total. The van der Waals surface area contributed by atoms with Gasteiger partial charge in [0.15, 0.2) is 0 Å². The molecular formula is C13H14N2O6. The largest absolute Gasteiger partial charge is 0.481 e. The van der Waals surface area contributed by atoms with Crippen LogP contribution in [0.15, 0.2) is 24.3 Å². The third kappa shape index (κ3) is 4.60. The summed E-state index contributed by atoms with van der Waals surface area (Å²) in [6.07, 6.45) is -0.528. The maximum absolute atomic E-state index is 12.0. The summed E-state index contributed by atoms with van der Waals surface area (Å²) in [7, 11) is 0. The number of carbonyl (C=O) groups is 4. The van der Waals surface area contributed by atoms with Crippen molar-refractivity contribution >= 4 is 23.8 Å². The predicted molar refractivity (Wildman–Crippen MR) is 70.7 cm³/mol. The molecule has 2 amide bonds. The Morgan fingerprint density at radius 1 is 1.10 bits per heavy atom. The molecule has 1 unspecified atom stereocenters. The molecule has 0 saturated heterocycles. The van der Waals surface area contributed by atoms with Crippen molar-refractivity contribution in [1.82, 2.24) is 5.32 Å². The molecule has 0 saturated carbocycles. The second-order valence-electron chi connectivity index (χ2n) is 4.21. The van der Waals surface area contributed by atoms with Gasteiger partial charge in [-0.2, -0.15) is 0 Å². The predicted octanol–water partition coefficient (Wildman–Crippen LogP) is -0.167. The summed E-state index contributed by atoms with van der Waals surface area (Å²) in [4.78, 5) is 44.7. The normalized spacial score (nSPS) is 11.4. The highest BCUT2D eigenvalue weighted by Crippen LogP contribution is 2.09. The van der Waals surface area contributed by atoms with E-state index >= 15 is 0 Å². The van der Waals surface area contributed by atoms with Crippen LogP contribution in [-0.2, 0) is 9.59 Å². The van der Waals surface area contributed by atoms with Gasteiger partial charge in [-0.25, -0.2) is 4.79 Å². The van der Waals surface area contributed by atoms with Crippen LogP contribution in [0.5, 0.6) is 0 Å². The van der Waals surface area contributed by atoms with Crippen LogP contribution in [0.2, 0.25) is 0 Å². The zero-order valence-corrected chi connectivity index (χ0v) is 10.9. The minimum atomic E-state index is -1.29. The number of amides is 2. The van der Waals surface area contributed by atoms with Crippen LogP contribution >= 0.6 is 0 Å². The Balaban J connectivity index is 2.90. The minimum Gasteiger partial charge on any atom is -0.481 e. The van der Waals surface area contributed by atoms with E-state index in [1.54, 1.807) is 0 Å². The van der Waals surface area contributed by atoms with Gasteiger partial charge in [0.1, 0.15) is 6.04 Å². The molecule has 1 atom stereocenters. The number of nitrogens with one attached hydrogen (secondary N) is 1. The lowest BCUT2D eigenvalue weighted by atomic mass is 10.1. The summed E-state index contributed by atoms with van der Waals surface area (Å²) >= 11 is 0. The van der Waals surface area contributed by atoms with E-state index in [4.69, 9.17) is 15.9 Å². The van der Waals surface area contributed by atoms with E-state index < -0.39 is 29.8 Å². The van der Waals surface area contributed by atoms with Crippen molar-refractivity contribution in [2.45, 2.75) is 18.9 Å². The van der Waals surface area contributed by atoms with Crippen molar-refractivity contribution < 1.29 is 29.4 Å². The molecule has 0 radical (unpaired) electrons. The molecule has 0 fully saturated rings. The van der Waals surface area contributed by atoms with Gasteiger partial charge in [0.25, 0.3) is 5.91 Å². The van der Waals surface area contributed by atoms with Crippen molar-refractivity contribution in [3.63, 3.8) is 0 Å². The smallest absolute Gasteiger partial charge is 0.336 e. The van der Waals surface area contributed by atoms with Gasteiger partial charge in [-0.05, 0) is 18.6 Å². The second kappa shape index (κ2) is 7.04. The van der Waals surface area contributed by atoms with Crippen molar-refractivity contribution in [2.75, 3.05) is 0 Å². The van der Waals surface area contributed by atoms with E-state index in [-0.39, 0.29) is 24.0 Å².